The van der Waals surface area contributed by atoms with Crippen LogP contribution in [0, 0.1) is 0 Å². The molecule has 0 aliphatic rings. The summed E-state index contributed by atoms with van der Waals surface area (Å²) >= 11 is 0. The number of sulfone groups is 1. The van der Waals surface area contributed by atoms with Crippen LogP contribution in [0.1, 0.15) is 90.9 Å². The summed E-state index contributed by atoms with van der Waals surface area (Å²) in [6.07, 6.45) is 14.7. The monoisotopic (exact) mass is 378 g/mol. The minimum absolute atomic E-state index is 0.114. The second-order valence-corrected chi connectivity index (χ2v) is 9.22. The van der Waals surface area contributed by atoms with Crippen molar-refractivity contribution in [2.45, 2.75) is 90.9 Å². The largest absolute Gasteiger partial charge is 0.380 e. The van der Waals surface area contributed by atoms with Crippen molar-refractivity contribution in [2.24, 2.45) is 0 Å². The van der Waals surface area contributed by atoms with E-state index in [1.54, 1.807) is 0 Å². The molecule has 152 valence electrons. The molecule has 0 bridgehead atoms. The molecule has 0 atom stereocenters. The lowest BCUT2D eigenvalue weighted by Crippen LogP contribution is -2.19. The summed E-state index contributed by atoms with van der Waals surface area (Å²) in [4.78, 5) is 0. The first-order chi connectivity index (χ1) is 12.1. The smallest absolute Gasteiger partial charge is 0.154 e. The molecule has 0 rings (SSSR count). The Balaban J connectivity index is 3.35. The lowest BCUT2D eigenvalue weighted by molar-refractivity contribution is 0.140. The zero-order valence-corrected chi connectivity index (χ0v) is 17.6. The van der Waals surface area contributed by atoms with Crippen LogP contribution in [0.4, 0.5) is 0 Å². The lowest BCUT2D eigenvalue weighted by Gasteiger charge is -2.07. The van der Waals surface area contributed by atoms with Gasteiger partial charge in [0.15, 0.2) is 9.84 Å². The van der Waals surface area contributed by atoms with E-state index >= 15 is 0 Å². The zero-order valence-electron chi connectivity index (χ0n) is 16.8. The van der Waals surface area contributed by atoms with Crippen molar-refractivity contribution in [3.05, 3.63) is 0 Å². The minimum atomic E-state index is -3.04. The first-order valence-electron chi connectivity index (χ1n) is 10.5. The molecule has 0 saturated carbocycles. The molecule has 4 nitrogen and oxygen atoms in total. The third-order valence-corrected chi connectivity index (χ3v) is 5.94. The van der Waals surface area contributed by atoms with Crippen molar-refractivity contribution >= 4 is 9.84 Å². The Morgan fingerprint density at radius 3 is 1.28 bits per heavy atom. The van der Waals surface area contributed by atoms with Gasteiger partial charge in [0.25, 0.3) is 0 Å². The van der Waals surface area contributed by atoms with Gasteiger partial charge in [-0.1, -0.05) is 78.1 Å². The molecular weight excluding hydrogens is 336 g/mol. The molecule has 0 amide bonds. The fourth-order valence-corrected chi connectivity index (χ4v) is 3.59. The average Bonchev–Trinajstić information content (AvgIpc) is 2.59. The van der Waals surface area contributed by atoms with E-state index in [2.05, 4.69) is 13.8 Å². The van der Waals surface area contributed by atoms with Gasteiger partial charge in [-0.2, -0.15) is 0 Å². The van der Waals surface area contributed by atoms with Crippen LogP contribution in [-0.2, 0) is 19.3 Å². The van der Waals surface area contributed by atoms with Crippen molar-refractivity contribution in [3.8, 4) is 0 Å². The third-order valence-electron chi connectivity index (χ3n) is 4.36. The van der Waals surface area contributed by atoms with Gasteiger partial charge in [-0.3, -0.25) is 0 Å². The first kappa shape index (κ1) is 24.9. The van der Waals surface area contributed by atoms with Gasteiger partial charge in [-0.15, -0.1) is 0 Å². The van der Waals surface area contributed by atoms with E-state index in [1.807, 2.05) is 0 Å². The molecule has 0 aliphatic carbocycles. The van der Waals surface area contributed by atoms with E-state index in [9.17, 15) is 8.42 Å². The van der Waals surface area contributed by atoms with Crippen molar-refractivity contribution < 1.29 is 17.9 Å². The Labute approximate surface area is 157 Å². The van der Waals surface area contributed by atoms with Crippen molar-refractivity contribution in [3.63, 3.8) is 0 Å². The predicted octanol–water partition coefficient (Wildman–Crippen LogP) is 5.16. The molecule has 25 heavy (non-hydrogen) atoms. The van der Waals surface area contributed by atoms with Gasteiger partial charge >= 0.3 is 0 Å². The summed E-state index contributed by atoms with van der Waals surface area (Å²) in [6.45, 7) is 6.41. The Morgan fingerprint density at radius 2 is 0.880 bits per heavy atom. The normalized spacial score (nSPS) is 11.9. The molecule has 0 aliphatic heterocycles. The fourth-order valence-electron chi connectivity index (χ4n) is 2.65. The quantitative estimate of drug-likeness (QED) is 0.275. The van der Waals surface area contributed by atoms with E-state index in [0.29, 0.717) is 26.4 Å². The third kappa shape index (κ3) is 20.0. The van der Waals surface area contributed by atoms with E-state index in [1.165, 1.54) is 64.2 Å². The zero-order chi connectivity index (χ0) is 18.6. The summed E-state index contributed by atoms with van der Waals surface area (Å²) in [7, 11) is -3.04. The number of unbranched alkanes of at least 4 members (excludes halogenated alkanes) is 10. The van der Waals surface area contributed by atoms with Gasteiger partial charge in [0.2, 0.25) is 0 Å². The number of ether oxygens (including phenoxy) is 2. The molecule has 0 aromatic rings. The topological polar surface area (TPSA) is 52.6 Å². The number of hydrogen-bond acceptors (Lipinski definition) is 4. The molecule has 0 saturated heterocycles. The van der Waals surface area contributed by atoms with E-state index in [0.717, 1.165) is 12.8 Å². The number of hydrogen-bond donors (Lipinski definition) is 0. The van der Waals surface area contributed by atoms with Crippen LogP contribution in [0.3, 0.4) is 0 Å². The molecule has 0 unspecified atom stereocenters. The highest BCUT2D eigenvalue weighted by atomic mass is 32.2. The highest BCUT2D eigenvalue weighted by molar-refractivity contribution is 7.91. The SMILES string of the molecule is CCCCCCCCOCCS(=O)(=O)CCOCCCCCCCC. The fraction of sp³-hybridized carbons (Fsp3) is 1.00. The second-order valence-electron chi connectivity index (χ2n) is 6.91. The molecule has 0 heterocycles. The molecule has 0 spiro atoms. The number of rotatable bonds is 20. The molecular formula is C20H42O4S. The van der Waals surface area contributed by atoms with Gasteiger partial charge in [0, 0.05) is 13.2 Å². The van der Waals surface area contributed by atoms with Crippen LogP contribution in [0.5, 0.6) is 0 Å². The van der Waals surface area contributed by atoms with Crippen molar-refractivity contribution in [1.29, 1.82) is 0 Å². The highest BCUT2D eigenvalue weighted by Gasteiger charge is 2.10. The maximum absolute atomic E-state index is 11.9. The Kier molecular flexibility index (Phi) is 18.6. The maximum Gasteiger partial charge on any atom is 0.154 e. The Hall–Kier alpha value is -0.130. The molecule has 0 radical (unpaired) electrons. The van der Waals surface area contributed by atoms with Crippen LogP contribution in [0.2, 0.25) is 0 Å². The van der Waals surface area contributed by atoms with E-state index in [4.69, 9.17) is 9.47 Å². The summed E-state index contributed by atoms with van der Waals surface area (Å²) < 4.78 is 34.7. The van der Waals surface area contributed by atoms with Crippen molar-refractivity contribution in [1.82, 2.24) is 0 Å². The Bertz CT molecular complexity index is 327. The predicted molar refractivity (Wildman–Crippen MR) is 107 cm³/mol. The summed E-state index contributed by atoms with van der Waals surface area (Å²) in [5.74, 6) is 0.229. The van der Waals surface area contributed by atoms with Crippen LogP contribution < -0.4 is 0 Å². The van der Waals surface area contributed by atoms with Gasteiger partial charge in [-0.05, 0) is 12.8 Å². The van der Waals surface area contributed by atoms with Crippen molar-refractivity contribution in [2.75, 3.05) is 37.9 Å². The average molecular weight is 379 g/mol. The van der Waals surface area contributed by atoms with Gasteiger partial charge in [-0.25, -0.2) is 8.42 Å². The van der Waals surface area contributed by atoms with Crippen LogP contribution in [0.15, 0.2) is 0 Å². The summed E-state index contributed by atoms with van der Waals surface area (Å²) in [6, 6.07) is 0. The summed E-state index contributed by atoms with van der Waals surface area (Å²) in [5, 5.41) is 0. The standard InChI is InChI=1S/C20H42O4S/c1-3-5-7-9-11-13-15-23-17-19-25(21,22)20-18-24-16-14-12-10-8-6-4-2/h3-20H2,1-2H3. The van der Waals surface area contributed by atoms with Crippen LogP contribution in [0.25, 0.3) is 0 Å². The molecule has 0 fully saturated rings. The van der Waals surface area contributed by atoms with E-state index < -0.39 is 9.84 Å². The highest BCUT2D eigenvalue weighted by Crippen LogP contribution is 2.06. The lowest BCUT2D eigenvalue weighted by atomic mass is 10.1. The maximum atomic E-state index is 11.9. The van der Waals surface area contributed by atoms with E-state index in [-0.39, 0.29) is 11.5 Å². The molecule has 0 N–H and O–H groups in total. The van der Waals surface area contributed by atoms with Crippen LogP contribution in [-0.4, -0.2) is 46.4 Å². The van der Waals surface area contributed by atoms with Gasteiger partial charge in [0.1, 0.15) is 0 Å². The molecule has 5 heteroatoms. The van der Waals surface area contributed by atoms with Gasteiger partial charge in [0.05, 0.1) is 24.7 Å². The summed E-state index contributed by atoms with van der Waals surface area (Å²) in [5.41, 5.74) is 0. The first-order valence-corrected chi connectivity index (χ1v) is 12.3. The van der Waals surface area contributed by atoms with Gasteiger partial charge < -0.3 is 9.47 Å². The molecule has 0 aromatic heterocycles. The molecule has 0 aromatic carbocycles. The van der Waals surface area contributed by atoms with Crippen LogP contribution >= 0.6 is 0 Å². The Morgan fingerprint density at radius 1 is 0.520 bits per heavy atom. The second kappa shape index (κ2) is 18.7. The minimum Gasteiger partial charge on any atom is -0.380 e.